The largest absolute Gasteiger partial charge is 0.352 e. The summed E-state index contributed by atoms with van der Waals surface area (Å²) < 4.78 is 0. The zero-order chi connectivity index (χ0) is 11.7. The molecule has 2 N–H and O–H groups in total. The van der Waals surface area contributed by atoms with E-state index in [-0.39, 0.29) is 5.91 Å². The highest BCUT2D eigenvalue weighted by atomic mass is 16.2. The predicted octanol–water partition coefficient (Wildman–Crippen LogP) is 1.41. The number of hydrogen-bond donors (Lipinski definition) is 2. The Kier molecular flexibility index (Phi) is 2.85. The lowest BCUT2D eigenvalue weighted by Crippen LogP contribution is -2.36. The summed E-state index contributed by atoms with van der Waals surface area (Å²) >= 11 is 0. The maximum atomic E-state index is 11.6. The highest BCUT2D eigenvalue weighted by Gasteiger charge is 2.39. The van der Waals surface area contributed by atoms with Gasteiger partial charge < -0.3 is 10.6 Å². The van der Waals surface area contributed by atoms with Crippen LogP contribution in [0.2, 0.25) is 0 Å². The summed E-state index contributed by atoms with van der Waals surface area (Å²) in [4.78, 5) is 11.6. The van der Waals surface area contributed by atoms with E-state index in [4.69, 9.17) is 0 Å². The number of carbonyl (C=O) groups excluding carboxylic acids is 1. The quantitative estimate of drug-likeness (QED) is 0.803. The molecule has 0 radical (unpaired) electrons. The molecule has 2 fully saturated rings. The van der Waals surface area contributed by atoms with E-state index >= 15 is 0 Å². The Morgan fingerprint density at radius 3 is 2.71 bits per heavy atom. The Morgan fingerprint density at radius 2 is 2.00 bits per heavy atom. The molecule has 0 saturated heterocycles. The highest BCUT2D eigenvalue weighted by molar-refractivity contribution is 5.79. The summed E-state index contributed by atoms with van der Waals surface area (Å²) in [5, 5.41) is 6.32. The summed E-state index contributed by atoms with van der Waals surface area (Å²) in [5.41, 5.74) is 1.34. The van der Waals surface area contributed by atoms with Crippen molar-refractivity contribution in [2.24, 2.45) is 0 Å². The summed E-state index contributed by atoms with van der Waals surface area (Å²) in [6, 6.07) is 11.4. The predicted molar refractivity (Wildman–Crippen MR) is 66.8 cm³/mol. The van der Waals surface area contributed by atoms with Gasteiger partial charge in [-0.05, 0) is 24.8 Å². The Bertz CT molecular complexity index is 400. The molecule has 1 amide bonds. The Balaban J connectivity index is 1.43. The molecule has 2 aliphatic rings. The average Bonchev–Trinajstić information content (AvgIpc) is 3.23. The third-order valence-electron chi connectivity index (χ3n) is 3.49. The minimum Gasteiger partial charge on any atom is -0.352 e. The van der Waals surface area contributed by atoms with Gasteiger partial charge in [0.25, 0.3) is 0 Å². The van der Waals surface area contributed by atoms with E-state index in [0.717, 1.165) is 6.42 Å². The van der Waals surface area contributed by atoms with Crippen LogP contribution >= 0.6 is 0 Å². The zero-order valence-corrected chi connectivity index (χ0v) is 9.86. The first-order chi connectivity index (χ1) is 8.33. The van der Waals surface area contributed by atoms with Crippen molar-refractivity contribution in [3.63, 3.8) is 0 Å². The maximum Gasteiger partial charge on any atom is 0.234 e. The van der Waals surface area contributed by atoms with Crippen LogP contribution in [0.5, 0.6) is 0 Å². The fraction of sp³-hybridized carbons (Fsp3) is 0.500. The first kappa shape index (κ1) is 10.8. The summed E-state index contributed by atoms with van der Waals surface area (Å²) in [6.45, 7) is 0.475. The zero-order valence-electron chi connectivity index (χ0n) is 9.86. The third kappa shape index (κ3) is 2.86. The Hall–Kier alpha value is -1.35. The summed E-state index contributed by atoms with van der Waals surface area (Å²) in [6.07, 6.45) is 3.53. The van der Waals surface area contributed by atoms with E-state index < -0.39 is 0 Å². The van der Waals surface area contributed by atoms with Crippen molar-refractivity contribution in [3.8, 4) is 0 Å². The number of carbonyl (C=O) groups is 1. The number of nitrogens with one attached hydrogen (secondary N) is 2. The first-order valence-corrected chi connectivity index (χ1v) is 6.40. The number of rotatable bonds is 5. The molecule has 2 unspecified atom stereocenters. The van der Waals surface area contributed by atoms with E-state index in [1.54, 1.807) is 0 Å². The molecule has 0 spiro atoms. The van der Waals surface area contributed by atoms with Gasteiger partial charge in [0.1, 0.15) is 0 Å². The number of benzene rings is 1. The van der Waals surface area contributed by atoms with Gasteiger partial charge in [-0.3, -0.25) is 4.79 Å². The molecule has 3 heteroatoms. The number of hydrogen-bond acceptors (Lipinski definition) is 2. The average molecular weight is 230 g/mol. The van der Waals surface area contributed by atoms with Crippen molar-refractivity contribution < 1.29 is 4.79 Å². The molecule has 0 aromatic heterocycles. The summed E-state index contributed by atoms with van der Waals surface area (Å²) in [5.74, 6) is 0.668. The van der Waals surface area contributed by atoms with Gasteiger partial charge in [0.2, 0.25) is 5.91 Å². The van der Waals surface area contributed by atoms with Gasteiger partial charge in [-0.25, -0.2) is 0 Å². The van der Waals surface area contributed by atoms with Crippen LogP contribution in [-0.4, -0.2) is 24.5 Å². The molecule has 0 heterocycles. The van der Waals surface area contributed by atoms with Crippen LogP contribution in [0.3, 0.4) is 0 Å². The van der Waals surface area contributed by atoms with E-state index in [1.165, 1.54) is 18.4 Å². The molecule has 0 bridgehead atoms. The second-order valence-corrected chi connectivity index (χ2v) is 5.08. The van der Waals surface area contributed by atoms with Crippen molar-refractivity contribution in [1.29, 1.82) is 0 Å². The fourth-order valence-electron chi connectivity index (χ4n) is 2.21. The lowest BCUT2D eigenvalue weighted by Gasteiger charge is -2.05. The fourth-order valence-corrected chi connectivity index (χ4v) is 2.21. The maximum absolute atomic E-state index is 11.6. The van der Waals surface area contributed by atoms with Crippen LogP contribution in [0, 0.1) is 0 Å². The second kappa shape index (κ2) is 4.49. The smallest absolute Gasteiger partial charge is 0.234 e. The normalized spacial score (nSPS) is 26.6. The molecule has 90 valence electrons. The number of amides is 1. The van der Waals surface area contributed by atoms with E-state index in [0.29, 0.717) is 24.5 Å². The van der Waals surface area contributed by atoms with Crippen molar-refractivity contribution >= 4 is 5.91 Å². The van der Waals surface area contributed by atoms with Crippen LogP contribution in [0.4, 0.5) is 0 Å². The van der Waals surface area contributed by atoms with Crippen LogP contribution in [-0.2, 0) is 4.79 Å². The molecule has 2 atom stereocenters. The molecular formula is C14H18N2O. The van der Waals surface area contributed by atoms with Crippen LogP contribution < -0.4 is 10.6 Å². The highest BCUT2D eigenvalue weighted by Crippen LogP contribution is 2.40. The molecular weight excluding hydrogens is 212 g/mol. The van der Waals surface area contributed by atoms with Crippen molar-refractivity contribution in [1.82, 2.24) is 10.6 Å². The van der Waals surface area contributed by atoms with Crippen LogP contribution in [0.15, 0.2) is 30.3 Å². The topological polar surface area (TPSA) is 41.1 Å². The Labute approximate surface area is 102 Å². The molecule has 1 aromatic rings. The van der Waals surface area contributed by atoms with Gasteiger partial charge in [-0.15, -0.1) is 0 Å². The molecule has 2 saturated carbocycles. The Morgan fingerprint density at radius 1 is 1.24 bits per heavy atom. The van der Waals surface area contributed by atoms with Gasteiger partial charge in [0, 0.05) is 18.0 Å². The second-order valence-electron chi connectivity index (χ2n) is 5.08. The van der Waals surface area contributed by atoms with Crippen LogP contribution in [0.25, 0.3) is 0 Å². The van der Waals surface area contributed by atoms with Gasteiger partial charge in [0.15, 0.2) is 0 Å². The SMILES string of the molecule is O=C(CNC1CC1)NC1CC1c1ccccc1. The van der Waals surface area contributed by atoms with Gasteiger partial charge in [-0.2, -0.15) is 0 Å². The van der Waals surface area contributed by atoms with Crippen molar-refractivity contribution in [2.45, 2.75) is 37.3 Å². The lowest BCUT2D eigenvalue weighted by atomic mass is 10.1. The van der Waals surface area contributed by atoms with Gasteiger partial charge in [0.05, 0.1) is 6.54 Å². The molecule has 0 aliphatic heterocycles. The first-order valence-electron chi connectivity index (χ1n) is 6.40. The monoisotopic (exact) mass is 230 g/mol. The molecule has 2 aliphatic carbocycles. The molecule has 17 heavy (non-hydrogen) atoms. The third-order valence-corrected chi connectivity index (χ3v) is 3.49. The molecule has 1 aromatic carbocycles. The minimum absolute atomic E-state index is 0.139. The summed E-state index contributed by atoms with van der Waals surface area (Å²) in [7, 11) is 0. The molecule has 3 nitrogen and oxygen atoms in total. The van der Waals surface area contributed by atoms with Crippen molar-refractivity contribution in [3.05, 3.63) is 35.9 Å². The van der Waals surface area contributed by atoms with E-state index in [2.05, 4.69) is 34.9 Å². The van der Waals surface area contributed by atoms with Crippen molar-refractivity contribution in [2.75, 3.05) is 6.54 Å². The minimum atomic E-state index is 0.139. The van der Waals surface area contributed by atoms with Crippen LogP contribution in [0.1, 0.15) is 30.7 Å². The van der Waals surface area contributed by atoms with Gasteiger partial charge in [-0.1, -0.05) is 30.3 Å². The molecule has 3 rings (SSSR count). The standard InChI is InChI=1S/C14H18N2O/c17-14(9-15-11-6-7-11)16-13-8-12(13)10-4-2-1-3-5-10/h1-5,11-13,15H,6-9H2,(H,16,17). The van der Waals surface area contributed by atoms with E-state index in [1.807, 2.05) is 6.07 Å². The lowest BCUT2D eigenvalue weighted by molar-refractivity contribution is -0.120. The van der Waals surface area contributed by atoms with Gasteiger partial charge >= 0.3 is 0 Å². The van der Waals surface area contributed by atoms with E-state index in [9.17, 15) is 4.79 Å².